The standard InChI is InChI=1S/C15H20N2.C8H17NO3.C2H2/c1-10-6-8-12(9-7-10)14-16-11(2)13(17-14)15(3,4)5;1-8(2,3)12-7(11)9-5-4-6-10;1-2/h6-9H,1-5H3,(H,16,17);10H,4-6H2,1-3H3,(H,9,11);1-2H. The highest BCUT2D eigenvalue weighted by atomic mass is 16.6. The third-order valence-corrected chi connectivity index (χ3v) is 3.92. The first-order chi connectivity index (χ1) is 14.3. The summed E-state index contributed by atoms with van der Waals surface area (Å²) in [5.74, 6) is 0.965. The van der Waals surface area contributed by atoms with Crippen molar-refractivity contribution in [3.8, 4) is 24.2 Å². The van der Waals surface area contributed by atoms with Crippen LogP contribution in [0.1, 0.15) is 64.9 Å². The number of amides is 1. The number of hydrogen-bond acceptors (Lipinski definition) is 4. The Morgan fingerprint density at radius 2 is 1.65 bits per heavy atom. The van der Waals surface area contributed by atoms with E-state index in [0.717, 1.165) is 22.8 Å². The molecular weight excluding hydrogens is 390 g/mol. The third kappa shape index (κ3) is 11.3. The van der Waals surface area contributed by atoms with E-state index in [-0.39, 0.29) is 12.0 Å². The lowest BCUT2D eigenvalue weighted by Crippen LogP contribution is -2.33. The van der Waals surface area contributed by atoms with Crippen molar-refractivity contribution in [3.05, 3.63) is 41.2 Å². The number of imidazole rings is 1. The minimum atomic E-state index is -0.455. The normalized spacial score (nSPS) is 10.8. The van der Waals surface area contributed by atoms with Crippen LogP contribution in [0, 0.1) is 26.7 Å². The van der Waals surface area contributed by atoms with Crippen molar-refractivity contribution in [2.45, 2.75) is 72.8 Å². The Bertz CT molecular complexity index is 807. The number of rotatable bonds is 4. The number of aliphatic hydroxyl groups is 1. The number of nitrogens with zero attached hydrogens (tertiary/aromatic N) is 1. The van der Waals surface area contributed by atoms with Crippen LogP contribution in [0.3, 0.4) is 0 Å². The lowest BCUT2D eigenvalue weighted by molar-refractivity contribution is 0.0525. The average Bonchev–Trinajstić information content (AvgIpc) is 3.05. The molecule has 31 heavy (non-hydrogen) atoms. The maximum atomic E-state index is 10.9. The lowest BCUT2D eigenvalue weighted by Gasteiger charge is -2.19. The molecule has 2 aromatic rings. The quantitative estimate of drug-likeness (QED) is 0.464. The fraction of sp³-hybridized carbons (Fsp3) is 0.520. The van der Waals surface area contributed by atoms with Crippen LogP contribution in [0.15, 0.2) is 24.3 Å². The van der Waals surface area contributed by atoms with Gasteiger partial charge in [-0.3, -0.25) is 0 Å². The molecule has 0 aliphatic carbocycles. The summed E-state index contributed by atoms with van der Waals surface area (Å²) in [5.41, 5.74) is 4.36. The van der Waals surface area contributed by atoms with Crippen molar-refractivity contribution in [2.24, 2.45) is 0 Å². The molecule has 172 valence electrons. The summed E-state index contributed by atoms with van der Waals surface area (Å²) in [4.78, 5) is 19.0. The lowest BCUT2D eigenvalue weighted by atomic mass is 9.91. The van der Waals surface area contributed by atoms with Gasteiger partial charge in [0.15, 0.2) is 0 Å². The Hall–Kier alpha value is -2.78. The molecule has 0 bridgehead atoms. The summed E-state index contributed by atoms with van der Waals surface area (Å²) in [6.45, 7) is 16.7. The van der Waals surface area contributed by atoms with Gasteiger partial charge in [0.2, 0.25) is 0 Å². The minimum absolute atomic E-state index is 0.0792. The molecular formula is C25H39N3O3. The van der Waals surface area contributed by atoms with E-state index >= 15 is 0 Å². The molecule has 1 aromatic carbocycles. The number of H-pyrrole nitrogens is 1. The molecule has 0 fully saturated rings. The average molecular weight is 430 g/mol. The molecule has 2 rings (SSSR count). The van der Waals surface area contributed by atoms with Gasteiger partial charge in [-0.05, 0) is 41.0 Å². The fourth-order valence-corrected chi connectivity index (χ4v) is 2.62. The van der Waals surface area contributed by atoms with Crippen LogP contribution in [0.25, 0.3) is 11.4 Å². The Balaban J connectivity index is 0.000000570. The van der Waals surface area contributed by atoms with E-state index in [0.29, 0.717) is 13.0 Å². The molecule has 0 atom stereocenters. The SMILES string of the molecule is C#C.CC(C)(C)OC(=O)NCCCO.Cc1ccc(-c2nc(C(C)(C)C)c(C)[nH]2)cc1. The molecule has 3 N–H and O–H groups in total. The van der Waals surface area contributed by atoms with Crippen molar-refractivity contribution in [1.29, 1.82) is 0 Å². The second kappa shape index (κ2) is 12.8. The zero-order valence-corrected chi connectivity index (χ0v) is 20.3. The number of aliphatic hydroxyl groups excluding tert-OH is 1. The number of aryl methyl sites for hydroxylation is 2. The zero-order chi connectivity index (χ0) is 24.2. The number of carbonyl (C=O) groups is 1. The van der Waals surface area contributed by atoms with E-state index in [1.165, 1.54) is 5.56 Å². The van der Waals surface area contributed by atoms with Gasteiger partial charge in [-0.1, -0.05) is 50.6 Å². The van der Waals surface area contributed by atoms with Crippen LogP contribution in [0.4, 0.5) is 4.79 Å². The van der Waals surface area contributed by atoms with Gasteiger partial charge in [-0.2, -0.15) is 0 Å². The largest absolute Gasteiger partial charge is 0.444 e. The Labute approximate surface area is 187 Å². The van der Waals surface area contributed by atoms with Crippen molar-refractivity contribution in [3.63, 3.8) is 0 Å². The number of ether oxygens (including phenoxy) is 1. The number of terminal acetylenes is 1. The number of aromatic nitrogens is 2. The molecule has 6 heteroatoms. The van der Waals surface area contributed by atoms with Gasteiger partial charge in [-0.25, -0.2) is 9.78 Å². The molecule has 1 heterocycles. The van der Waals surface area contributed by atoms with Gasteiger partial charge >= 0.3 is 6.09 Å². The highest BCUT2D eigenvalue weighted by Crippen LogP contribution is 2.27. The summed E-state index contributed by atoms with van der Waals surface area (Å²) in [6.07, 6.45) is 8.12. The Kier molecular flexibility index (Phi) is 11.7. The number of nitrogens with one attached hydrogen (secondary N) is 2. The molecule has 0 saturated heterocycles. The van der Waals surface area contributed by atoms with Crippen molar-refractivity contribution in [2.75, 3.05) is 13.2 Å². The molecule has 1 amide bonds. The maximum Gasteiger partial charge on any atom is 0.407 e. The summed E-state index contributed by atoms with van der Waals surface area (Å²) in [7, 11) is 0. The van der Waals surface area contributed by atoms with E-state index in [1.807, 2.05) is 0 Å². The molecule has 0 unspecified atom stereocenters. The zero-order valence-electron chi connectivity index (χ0n) is 20.3. The molecule has 0 spiro atoms. The fourth-order valence-electron chi connectivity index (χ4n) is 2.62. The number of alkyl carbamates (subject to hydrolysis) is 1. The third-order valence-electron chi connectivity index (χ3n) is 3.92. The first-order valence-electron chi connectivity index (χ1n) is 10.4. The minimum Gasteiger partial charge on any atom is -0.444 e. The van der Waals surface area contributed by atoms with Gasteiger partial charge in [0, 0.05) is 29.8 Å². The van der Waals surface area contributed by atoms with E-state index in [2.05, 4.69) is 82.0 Å². The molecule has 6 nitrogen and oxygen atoms in total. The van der Waals surface area contributed by atoms with Crippen LogP contribution in [0.5, 0.6) is 0 Å². The molecule has 0 radical (unpaired) electrons. The van der Waals surface area contributed by atoms with Crippen molar-refractivity contribution in [1.82, 2.24) is 15.3 Å². The van der Waals surface area contributed by atoms with E-state index in [4.69, 9.17) is 14.8 Å². The predicted octanol–water partition coefficient (Wildman–Crippen LogP) is 5.13. The number of hydrogen-bond donors (Lipinski definition) is 3. The highest BCUT2D eigenvalue weighted by Gasteiger charge is 2.21. The number of benzene rings is 1. The van der Waals surface area contributed by atoms with Gasteiger partial charge in [0.1, 0.15) is 11.4 Å². The summed E-state index contributed by atoms with van der Waals surface area (Å²) in [6, 6.07) is 8.45. The highest BCUT2D eigenvalue weighted by molar-refractivity contribution is 5.67. The van der Waals surface area contributed by atoms with Crippen molar-refractivity contribution < 1.29 is 14.6 Å². The van der Waals surface area contributed by atoms with Gasteiger partial charge in [-0.15, -0.1) is 12.8 Å². The summed E-state index contributed by atoms with van der Waals surface area (Å²) < 4.78 is 4.95. The first kappa shape index (κ1) is 28.2. The second-order valence-corrected chi connectivity index (χ2v) is 9.18. The predicted molar refractivity (Wildman–Crippen MR) is 128 cm³/mol. The summed E-state index contributed by atoms with van der Waals surface area (Å²) in [5, 5.41) is 10.9. The van der Waals surface area contributed by atoms with Crippen molar-refractivity contribution >= 4 is 6.09 Å². The number of aromatic amines is 1. The molecule has 1 aromatic heterocycles. The Morgan fingerprint density at radius 1 is 1.10 bits per heavy atom. The maximum absolute atomic E-state index is 10.9. The van der Waals surface area contributed by atoms with Gasteiger partial charge < -0.3 is 20.1 Å². The van der Waals surface area contributed by atoms with E-state index in [9.17, 15) is 4.79 Å². The second-order valence-electron chi connectivity index (χ2n) is 9.18. The van der Waals surface area contributed by atoms with Crippen LogP contribution < -0.4 is 5.32 Å². The van der Waals surface area contributed by atoms with E-state index < -0.39 is 11.7 Å². The monoisotopic (exact) mass is 429 g/mol. The Morgan fingerprint density at radius 3 is 2.06 bits per heavy atom. The van der Waals surface area contributed by atoms with E-state index in [1.54, 1.807) is 20.8 Å². The van der Waals surface area contributed by atoms with Gasteiger partial charge in [0.25, 0.3) is 0 Å². The summed E-state index contributed by atoms with van der Waals surface area (Å²) >= 11 is 0. The molecule has 0 aliphatic heterocycles. The topological polar surface area (TPSA) is 87.2 Å². The van der Waals surface area contributed by atoms with Crippen LogP contribution in [-0.4, -0.2) is 39.9 Å². The van der Waals surface area contributed by atoms with Crippen LogP contribution in [0.2, 0.25) is 0 Å². The number of carbonyl (C=O) groups excluding carboxylic acids is 1. The van der Waals surface area contributed by atoms with Gasteiger partial charge in [0.05, 0.1) is 5.69 Å². The van der Waals surface area contributed by atoms with Crippen LogP contribution in [-0.2, 0) is 10.2 Å². The molecule has 0 aliphatic rings. The molecule has 0 saturated carbocycles. The van der Waals surface area contributed by atoms with Crippen LogP contribution >= 0.6 is 0 Å². The first-order valence-corrected chi connectivity index (χ1v) is 10.4. The smallest absolute Gasteiger partial charge is 0.407 e.